The van der Waals surface area contributed by atoms with Gasteiger partial charge in [0, 0.05) is 5.60 Å². The minimum Gasteiger partial charge on any atom is -0.412 e. The van der Waals surface area contributed by atoms with Crippen LogP contribution in [0.1, 0.15) is 80.1 Å². The van der Waals surface area contributed by atoms with E-state index in [0.717, 1.165) is 0 Å². The molecule has 0 atom stereocenters. The second kappa shape index (κ2) is 9.14. The van der Waals surface area contributed by atoms with E-state index in [2.05, 4.69) is 41.5 Å². The Morgan fingerprint density at radius 2 is 1.06 bits per heavy atom. The number of hydrogen-bond acceptors (Lipinski definition) is 1. The normalized spacial score (nSPS) is 13.0. The third-order valence-electron chi connectivity index (χ3n) is 3.48. The van der Waals surface area contributed by atoms with E-state index < -0.39 is 8.32 Å². The zero-order valence-corrected chi connectivity index (χ0v) is 14.8. The summed E-state index contributed by atoms with van der Waals surface area (Å²) >= 11 is 0. The Morgan fingerprint density at radius 3 is 1.28 bits per heavy atom. The molecule has 0 saturated heterocycles. The third kappa shape index (κ3) is 8.31. The van der Waals surface area contributed by atoms with Crippen LogP contribution in [0.2, 0.25) is 18.1 Å². The Labute approximate surface area is 117 Å². The van der Waals surface area contributed by atoms with E-state index in [0.29, 0.717) is 0 Å². The van der Waals surface area contributed by atoms with Gasteiger partial charge in [-0.15, -0.1) is 0 Å². The van der Waals surface area contributed by atoms with Gasteiger partial charge in [0.2, 0.25) is 0 Å². The van der Waals surface area contributed by atoms with Gasteiger partial charge in [-0.25, -0.2) is 0 Å². The van der Waals surface area contributed by atoms with E-state index in [1.165, 1.54) is 56.7 Å². The zero-order valence-electron chi connectivity index (χ0n) is 13.8. The maximum atomic E-state index is 6.67. The quantitative estimate of drug-likeness (QED) is 0.434. The van der Waals surface area contributed by atoms with Gasteiger partial charge in [-0.05, 0) is 38.9 Å². The molecule has 0 heterocycles. The lowest BCUT2D eigenvalue weighted by atomic mass is 10.2. The van der Waals surface area contributed by atoms with Crippen LogP contribution < -0.4 is 0 Å². The van der Waals surface area contributed by atoms with Crippen LogP contribution in [0, 0.1) is 0 Å². The predicted octanol–water partition coefficient (Wildman–Crippen LogP) is 6.15. The zero-order chi connectivity index (χ0) is 14.1. The summed E-state index contributed by atoms with van der Waals surface area (Å²) in [6, 6.07) is 4.13. The fourth-order valence-corrected chi connectivity index (χ4v) is 8.02. The van der Waals surface area contributed by atoms with Crippen LogP contribution in [0.25, 0.3) is 0 Å². The van der Waals surface area contributed by atoms with Crippen molar-refractivity contribution in [2.75, 3.05) is 0 Å². The maximum absolute atomic E-state index is 6.67. The van der Waals surface area contributed by atoms with E-state index in [1.54, 1.807) is 0 Å². The lowest BCUT2D eigenvalue weighted by Crippen LogP contribution is -2.44. The molecule has 0 rings (SSSR count). The first-order valence-corrected chi connectivity index (χ1v) is 10.6. The monoisotopic (exact) mass is 272 g/mol. The standard InChI is InChI=1S/C16H36OSi/c1-7-10-13-18(14-11-8-2,15-12-9-3)17-16(4,5)6/h7-15H2,1-6H3. The fraction of sp³-hybridized carbons (Fsp3) is 1.00. The van der Waals surface area contributed by atoms with Gasteiger partial charge in [0.05, 0.1) is 0 Å². The summed E-state index contributed by atoms with van der Waals surface area (Å²) in [5, 5.41) is 0. The van der Waals surface area contributed by atoms with Gasteiger partial charge in [0.25, 0.3) is 0 Å². The van der Waals surface area contributed by atoms with Gasteiger partial charge >= 0.3 is 0 Å². The average Bonchev–Trinajstić information content (AvgIpc) is 2.29. The molecule has 0 aliphatic heterocycles. The van der Waals surface area contributed by atoms with Crippen LogP contribution in [0.3, 0.4) is 0 Å². The van der Waals surface area contributed by atoms with Crippen LogP contribution in [-0.4, -0.2) is 13.9 Å². The molecule has 0 aliphatic rings. The minimum atomic E-state index is -1.49. The second-order valence-electron chi connectivity index (χ2n) is 6.71. The van der Waals surface area contributed by atoms with Crippen molar-refractivity contribution in [3.63, 3.8) is 0 Å². The molecule has 18 heavy (non-hydrogen) atoms. The Hall–Kier alpha value is 0.177. The number of unbranched alkanes of at least 4 members (excludes halogenated alkanes) is 3. The Bertz CT molecular complexity index is 174. The van der Waals surface area contributed by atoms with Gasteiger partial charge in [0.1, 0.15) is 0 Å². The number of hydrogen-bond donors (Lipinski definition) is 0. The molecule has 0 radical (unpaired) electrons. The molecule has 0 amide bonds. The third-order valence-corrected chi connectivity index (χ3v) is 8.32. The topological polar surface area (TPSA) is 9.23 Å². The molecular weight excluding hydrogens is 236 g/mol. The molecule has 0 fully saturated rings. The second-order valence-corrected chi connectivity index (χ2v) is 10.8. The molecule has 0 N–H and O–H groups in total. The average molecular weight is 273 g/mol. The van der Waals surface area contributed by atoms with Gasteiger partial charge in [-0.2, -0.15) is 0 Å². The van der Waals surface area contributed by atoms with Crippen molar-refractivity contribution in [1.29, 1.82) is 0 Å². The molecule has 1 nitrogen and oxygen atoms in total. The molecule has 0 spiro atoms. The van der Waals surface area contributed by atoms with Gasteiger partial charge in [-0.1, -0.05) is 59.3 Å². The first kappa shape index (κ1) is 18.2. The van der Waals surface area contributed by atoms with Crippen LogP contribution >= 0.6 is 0 Å². The maximum Gasteiger partial charge on any atom is 0.193 e. The molecule has 0 aromatic carbocycles. The predicted molar refractivity (Wildman–Crippen MR) is 85.7 cm³/mol. The molecular formula is C16H36OSi. The molecule has 110 valence electrons. The lowest BCUT2D eigenvalue weighted by molar-refractivity contribution is 0.114. The molecule has 0 aromatic rings. The minimum absolute atomic E-state index is 0.0431. The van der Waals surface area contributed by atoms with Crippen molar-refractivity contribution in [1.82, 2.24) is 0 Å². The van der Waals surface area contributed by atoms with Crippen LogP contribution in [0.5, 0.6) is 0 Å². The highest BCUT2D eigenvalue weighted by atomic mass is 28.4. The van der Waals surface area contributed by atoms with Crippen LogP contribution in [0.15, 0.2) is 0 Å². The summed E-state index contributed by atoms with van der Waals surface area (Å²) in [6.07, 6.45) is 7.99. The highest BCUT2D eigenvalue weighted by molar-refractivity contribution is 6.73. The number of rotatable bonds is 10. The van der Waals surface area contributed by atoms with E-state index in [9.17, 15) is 0 Å². The summed E-state index contributed by atoms with van der Waals surface area (Å²) in [7, 11) is -1.49. The summed E-state index contributed by atoms with van der Waals surface area (Å²) in [5.41, 5.74) is 0.0431. The van der Waals surface area contributed by atoms with Crippen molar-refractivity contribution in [3.05, 3.63) is 0 Å². The van der Waals surface area contributed by atoms with Gasteiger partial charge in [0.15, 0.2) is 8.32 Å². The summed E-state index contributed by atoms with van der Waals surface area (Å²) < 4.78 is 6.67. The SMILES string of the molecule is CCCC[Si](CCCC)(CCCC)OC(C)(C)C. The van der Waals surface area contributed by atoms with Crippen molar-refractivity contribution >= 4 is 8.32 Å². The summed E-state index contributed by atoms with van der Waals surface area (Å²) in [4.78, 5) is 0. The first-order valence-electron chi connectivity index (χ1n) is 8.09. The van der Waals surface area contributed by atoms with Crippen LogP contribution in [-0.2, 0) is 4.43 Å². The van der Waals surface area contributed by atoms with E-state index in [-0.39, 0.29) is 5.60 Å². The Kier molecular flexibility index (Phi) is 9.23. The molecule has 0 aromatic heterocycles. The van der Waals surface area contributed by atoms with E-state index in [1.807, 2.05) is 0 Å². The van der Waals surface area contributed by atoms with E-state index in [4.69, 9.17) is 4.43 Å². The van der Waals surface area contributed by atoms with Crippen molar-refractivity contribution in [3.8, 4) is 0 Å². The van der Waals surface area contributed by atoms with Gasteiger partial charge < -0.3 is 4.43 Å². The largest absolute Gasteiger partial charge is 0.412 e. The summed E-state index contributed by atoms with van der Waals surface area (Å²) in [5.74, 6) is 0. The highest BCUT2D eigenvalue weighted by Crippen LogP contribution is 2.33. The smallest absolute Gasteiger partial charge is 0.193 e. The highest BCUT2D eigenvalue weighted by Gasteiger charge is 2.36. The molecule has 0 unspecified atom stereocenters. The van der Waals surface area contributed by atoms with Gasteiger partial charge in [-0.3, -0.25) is 0 Å². The molecule has 2 heteroatoms. The van der Waals surface area contributed by atoms with Crippen molar-refractivity contribution < 1.29 is 4.43 Å². The molecule has 0 saturated carbocycles. The van der Waals surface area contributed by atoms with E-state index >= 15 is 0 Å². The first-order chi connectivity index (χ1) is 8.39. The molecule has 0 aliphatic carbocycles. The van der Waals surface area contributed by atoms with Crippen molar-refractivity contribution in [2.24, 2.45) is 0 Å². The van der Waals surface area contributed by atoms with Crippen molar-refractivity contribution in [2.45, 2.75) is 104 Å². The fourth-order valence-electron chi connectivity index (χ4n) is 2.67. The Balaban J connectivity index is 4.73. The Morgan fingerprint density at radius 1 is 0.722 bits per heavy atom. The molecule has 0 bridgehead atoms. The van der Waals surface area contributed by atoms with Crippen LogP contribution in [0.4, 0.5) is 0 Å². The summed E-state index contributed by atoms with van der Waals surface area (Å²) in [6.45, 7) is 13.6. The lowest BCUT2D eigenvalue weighted by Gasteiger charge is -2.38.